The van der Waals surface area contributed by atoms with Crippen molar-refractivity contribution in [2.45, 2.75) is 25.7 Å². The Morgan fingerprint density at radius 2 is 2.04 bits per heavy atom. The summed E-state index contributed by atoms with van der Waals surface area (Å²) in [6, 6.07) is 12.0. The van der Waals surface area contributed by atoms with Gasteiger partial charge in [-0.3, -0.25) is 10.1 Å². The van der Waals surface area contributed by atoms with Crippen molar-refractivity contribution in [1.82, 2.24) is 9.97 Å². The summed E-state index contributed by atoms with van der Waals surface area (Å²) in [6.45, 7) is 0. The third-order valence-electron chi connectivity index (χ3n) is 4.87. The molecule has 0 bridgehead atoms. The van der Waals surface area contributed by atoms with Crippen molar-refractivity contribution in [3.63, 3.8) is 0 Å². The number of hydrogen-bond acceptors (Lipinski definition) is 3. The second kappa shape index (κ2) is 5.48. The van der Waals surface area contributed by atoms with E-state index in [0.717, 1.165) is 40.4 Å². The number of nitrogens with one attached hydrogen (secondary N) is 2. The van der Waals surface area contributed by atoms with Crippen LogP contribution in [-0.4, -0.2) is 15.9 Å². The molecule has 0 atom stereocenters. The van der Waals surface area contributed by atoms with Crippen LogP contribution in [0, 0.1) is 0 Å². The fourth-order valence-electron chi connectivity index (χ4n) is 3.65. The molecule has 25 heavy (non-hydrogen) atoms. The minimum absolute atomic E-state index is 0.109. The molecule has 5 heteroatoms. The van der Waals surface area contributed by atoms with E-state index in [2.05, 4.69) is 27.4 Å². The van der Waals surface area contributed by atoms with E-state index in [1.54, 1.807) is 6.26 Å². The number of carbonyl (C=O) groups is 1. The van der Waals surface area contributed by atoms with Gasteiger partial charge in [0.15, 0.2) is 0 Å². The van der Waals surface area contributed by atoms with E-state index < -0.39 is 0 Å². The highest BCUT2D eigenvalue weighted by atomic mass is 16.3. The minimum Gasteiger partial charge on any atom is -0.464 e. The van der Waals surface area contributed by atoms with E-state index in [9.17, 15) is 4.79 Å². The number of fused-ring (bicyclic) bond motifs is 3. The molecule has 5 nitrogen and oxygen atoms in total. The molecule has 0 saturated heterocycles. The number of anilines is 1. The highest BCUT2D eigenvalue weighted by Gasteiger charge is 2.17. The van der Waals surface area contributed by atoms with E-state index in [4.69, 9.17) is 4.42 Å². The first-order valence-electron chi connectivity index (χ1n) is 8.53. The number of aromatic nitrogens is 2. The number of aryl methyl sites for hydroxylation is 2. The molecule has 0 unspecified atom stereocenters. The number of carbonyl (C=O) groups excluding carboxylic acids is 1. The van der Waals surface area contributed by atoms with Gasteiger partial charge in [-0.15, -0.1) is 0 Å². The maximum Gasteiger partial charge on any atom is 0.231 e. The van der Waals surface area contributed by atoms with Gasteiger partial charge in [-0.05, 0) is 54.7 Å². The Labute approximate surface area is 144 Å². The summed E-state index contributed by atoms with van der Waals surface area (Å²) in [5.74, 6) is 0.363. The molecule has 1 aliphatic rings. The monoisotopic (exact) mass is 331 g/mol. The third kappa shape index (κ3) is 2.48. The lowest BCUT2D eigenvalue weighted by Crippen LogP contribution is -2.15. The van der Waals surface area contributed by atoms with Crippen molar-refractivity contribution in [3.05, 3.63) is 59.4 Å². The Balaban J connectivity index is 1.39. The van der Waals surface area contributed by atoms with Crippen molar-refractivity contribution in [2.75, 3.05) is 5.32 Å². The van der Waals surface area contributed by atoms with Crippen LogP contribution in [0.2, 0.25) is 0 Å². The Hall–Kier alpha value is -3.08. The average Bonchev–Trinajstić information content (AvgIpc) is 3.30. The lowest BCUT2D eigenvalue weighted by molar-refractivity contribution is -0.115. The number of hydrogen-bond donors (Lipinski definition) is 2. The molecule has 124 valence electrons. The Bertz CT molecular complexity index is 1070. The van der Waals surface area contributed by atoms with Crippen molar-refractivity contribution in [3.8, 4) is 0 Å². The van der Waals surface area contributed by atoms with Gasteiger partial charge in [-0.25, -0.2) is 4.98 Å². The summed E-state index contributed by atoms with van der Waals surface area (Å²) < 4.78 is 5.67. The Morgan fingerprint density at radius 3 is 2.92 bits per heavy atom. The third-order valence-corrected chi connectivity index (χ3v) is 4.87. The van der Waals surface area contributed by atoms with Crippen LogP contribution in [0.15, 0.2) is 47.1 Å². The average molecular weight is 331 g/mol. The number of rotatable bonds is 3. The predicted octanol–water partition coefficient (Wildman–Crippen LogP) is 3.98. The SMILES string of the molecule is O=C(Cc1coc2cc3c(cc12)CCC3)Nc1nc2ccccc2[nH]1. The largest absolute Gasteiger partial charge is 0.464 e. The molecule has 4 aromatic rings. The zero-order chi connectivity index (χ0) is 16.8. The smallest absolute Gasteiger partial charge is 0.231 e. The fraction of sp³-hybridized carbons (Fsp3) is 0.200. The second-order valence-electron chi connectivity index (χ2n) is 6.56. The Morgan fingerprint density at radius 1 is 1.20 bits per heavy atom. The number of aromatic amines is 1. The predicted molar refractivity (Wildman–Crippen MR) is 96.7 cm³/mol. The zero-order valence-corrected chi connectivity index (χ0v) is 13.6. The molecule has 2 N–H and O–H groups in total. The maximum atomic E-state index is 12.4. The summed E-state index contributed by atoms with van der Waals surface area (Å²) in [7, 11) is 0. The summed E-state index contributed by atoms with van der Waals surface area (Å²) in [4.78, 5) is 19.9. The van der Waals surface area contributed by atoms with E-state index in [1.165, 1.54) is 17.5 Å². The van der Waals surface area contributed by atoms with Crippen LogP contribution in [0.1, 0.15) is 23.1 Å². The zero-order valence-electron chi connectivity index (χ0n) is 13.6. The Kier molecular flexibility index (Phi) is 3.13. The van der Waals surface area contributed by atoms with Crippen molar-refractivity contribution in [2.24, 2.45) is 0 Å². The molecule has 1 amide bonds. The summed E-state index contributed by atoms with van der Waals surface area (Å²) >= 11 is 0. The van der Waals surface area contributed by atoms with Crippen LogP contribution in [-0.2, 0) is 24.1 Å². The second-order valence-corrected chi connectivity index (χ2v) is 6.56. The molecular weight excluding hydrogens is 314 g/mol. The van der Waals surface area contributed by atoms with Gasteiger partial charge >= 0.3 is 0 Å². The summed E-state index contributed by atoms with van der Waals surface area (Å²) in [6.07, 6.45) is 5.39. The van der Waals surface area contributed by atoms with Crippen LogP contribution < -0.4 is 5.32 Å². The van der Waals surface area contributed by atoms with Gasteiger partial charge in [-0.1, -0.05) is 12.1 Å². The molecule has 0 saturated carbocycles. The van der Waals surface area contributed by atoms with Crippen molar-refractivity contribution in [1.29, 1.82) is 0 Å². The highest BCUT2D eigenvalue weighted by molar-refractivity contribution is 5.95. The number of benzene rings is 2. The molecular formula is C20H17N3O2. The quantitative estimate of drug-likeness (QED) is 0.596. The van der Waals surface area contributed by atoms with E-state index >= 15 is 0 Å². The number of imidazole rings is 1. The lowest BCUT2D eigenvalue weighted by Gasteiger charge is -2.02. The van der Waals surface area contributed by atoms with Gasteiger partial charge in [-0.2, -0.15) is 0 Å². The van der Waals surface area contributed by atoms with E-state index in [0.29, 0.717) is 5.95 Å². The summed E-state index contributed by atoms with van der Waals surface area (Å²) in [5.41, 5.74) is 6.28. The lowest BCUT2D eigenvalue weighted by atomic mass is 10.0. The number of H-pyrrole nitrogens is 1. The van der Waals surface area contributed by atoms with Gasteiger partial charge in [0.2, 0.25) is 11.9 Å². The van der Waals surface area contributed by atoms with Crippen LogP contribution in [0.25, 0.3) is 22.0 Å². The van der Waals surface area contributed by atoms with Crippen LogP contribution >= 0.6 is 0 Å². The highest BCUT2D eigenvalue weighted by Crippen LogP contribution is 2.30. The number of nitrogens with zero attached hydrogens (tertiary/aromatic N) is 1. The number of para-hydroxylation sites is 2. The molecule has 0 radical (unpaired) electrons. The van der Waals surface area contributed by atoms with Gasteiger partial charge in [0, 0.05) is 10.9 Å². The fourth-order valence-corrected chi connectivity index (χ4v) is 3.65. The molecule has 2 aromatic carbocycles. The van der Waals surface area contributed by atoms with Gasteiger partial charge in [0.25, 0.3) is 0 Å². The topological polar surface area (TPSA) is 70.9 Å². The molecule has 5 rings (SSSR count). The van der Waals surface area contributed by atoms with Crippen molar-refractivity contribution >= 4 is 33.9 Å². The summed E-state index contributed by atoms with van der Waals surface area (Å²) in [5, 5.41) is 3.88. The molecule has 1 aliphatic carbocycles. The first kappa shape index (κ1) is 14.3. The van der Waals surface area contributed by atoms with Crippen LogP contribution in [0.4, 0.5) is 5.95 Å². The number of furan rings is 1. The molecule has 2 heterocycles. The molecule has 0 aliphatic heterocycles. The standard InChI is InChI=1S/C20H17N3O2/c24-19(23-20-21-16-6-1-2-7-17(16)22-20)10-14-11-25-18-9-13-5-3-4-12(13)8-15(14)18/h1-2,6-9,11H,3-5,10H2,(H2,21,22,23,24). The van der Waals surface area contributed by atoms with Crippen LogP contribution in [0.3, 0.4) is 0 Å². The van der Waals surface area contributed by atoms with Gasteiger partial charge < -0.3 is 9.40 Å². The van der Waals surface area contributed by atoms with Crippen LogP contribution in [0.5, 0.6) is 0 Å². The van der Waals surface area contributed by atoms with E-state index in [1.807, 2.05) is 24.3 Å². The number of amides is 1. The van der Waals surface area contributed by atoms with E-state index in [-0.39, 0.29) is 12.3 Å². The minimum atomic E-state index is -0.109. The molecule has 2 aromatic heterocycles. The maximum absolute atomic E-state index is 12.4. The normalized spacial score (nSPS) is 13.4. The van der Waals surface area contributed by atoms with Gasteiger partial charge in [0.05, 0.1) is 23.7 Å². The molecule has 0 spiro atoms. The molecule has 0 fully saturated rings. The first-order chi connectivity index (χ1) is 12.3. The van der Waals surface area contributed by atoms with Gasteiger partial charge in [0.1, 0.15) is 5.58 Å². The first-order valence-corrected chi connectivity index (χ1v) is 8.53. The van der Waals surface area contributed by atoms with Crippen molar-refractivity contribution < 1.29 is 9.21 Å².